The summed E-state index contributed by atoms with van der Waals surface area (Å²) in [4.78, 5) is -0.810. The van der Waals surface area contributed by atoms with Crippen LogP contribution in [0.1, 0.15) is 11.1 Å². The highest BCUT2D eigenvalue weighted by Gasteiger charge is 2.36. The summed E-state index contributed by atoms with van der Waals surface area (Å²) in [6.45, 7) is 1.81. The van der Waals surface area contributed by atoms with Gasteiger partial charge in [0.05, 0.1) is 16.1 Å². The summed E-state index contributed by atoms with van der Waals surface area (Å²) in [5.74, 6) is 0. The van der Waals surface area contributed by atoms with Gasteiger partial charge >= 0.3 is 6.18 Å². The largest absolute Gasteiger partial charge is 0.417 e. The molecule has 0 heterocycles. The highest BCUT2D eigenvalue weighted by atomic mass is 79.9. The summed E-state index contributed by atoms with van der Waals surface area (Å²) in [6.07, 6.45) is -4.75. The molecule has 0 unspecified atom stereocenters. The molecule has 22 heavy (non-hydrogen) atoms. The first-order valence-electron chi connectivity index (χ1n) is 6.06. The number of aryl methyl sites for hydroxylation is 1. The fourth-order valence-electron chi connectivity index (χ4n) is 1.84. The molecule has 8 heteroatoms. The average molecular weight is 394 g/mol. The summed E-state index contributed by atoms with van der Waals surface area (Å²) < 4.78 is 66.0. The minimum absolute atomic E-state index is 0.169. The van der Waals surface area contributed by atoms with Gasteiger partial charge in [-0.1, -0.05) is 18.2 Å². The third-order valence-electron chi connectivity index (χ3n) is 2.85. The number of hydrogen-bond donors (Lipinski definition) is 1. The van der Waals surface area contributed by atoms with Crippen LogP contribution >= 0.6 is 15.9 Å². The van der Waals surface area contributed by atoms with Crippen molar-refractivity contribution in [1.82, 2.24) is 0 Å². The van der Waals surface area contributed by atoms with Crippen LogP contribution in [-0.4, -0.2) is 8.42 Å². The van der Waals surface area contributed by atoms with Gasteiger partial charge in [-0.25, -0.2) is 8.42 Å². The van der Waals surface area contributed by atoms with Gasteiger partial charge < -0.3 is 0 Å². The van der Waals surface area contributed by atoms with Crippen molar-refractivity contribution in [2.45, 2.75) is 18.0 Å². The number of sulfonamides is 1. The van der Waals surface area contributed by atoms with Crippen LogP contribution in [0.15, 0.2) is 51.8 Å². The fraction of sp³-hybridized carbons (Fsp3) is 0.143. The maximum atomic E-state index is 12.9. The van der Waals surface area contributed by atoms with Crippen molar-refractivity contribution < 1.29 is 21.6 Å². The Kier molecular flexibility index (Phi) is 4.53. The van der Waals surface area contributed by atoms with Gasteiger partial charge in [0.25, 0.3) is 10.0 Å². The van der Waals surface area contributed by atoms with Crippen LogP contribution in [0.3, 0.4) is 0 Å². The Balaban J connectivity index is 2.48. The van der Waals surface area contributed by atoms with Crippen molar-refractivity contribution in [1.29, 1.82) is 0 Å². The molecule has 2 aromatic rings. The predicted octanol–water partition coefficient (Wildman–Crippen LogP) is 4.58. The molecule has 0 fully saturated rings. The third kappa shape index (κ3) is 3.61. The van der Waals surface area contributed by atoms with Crippen LogP contribution < -0.4 is 4.72 Å². The van der Waals surface area contributed by atoms with Crippen molar-refractivity contribution in [2.24, 2.45) is 0 Å². The first-order valence-corrected chi connectivity index (χ1v) is 8.34. The second kappa shape index (κ2) is 5.92. The highest BCUT2D eigenvalue weighted by Crippen LogP contribution is 2.35. The van der Waals surface area contributed by atoms with Gasteiger partial charge in [0.2, 0.25) is 0 Å². The van der Waals surface area contributed by atoms with E-state index in [0.717, 1.165) is 23.8 Å². The topological polar surface area (TPSA) is 46.2 Å². The number of hydrogen-bond acceptors (Lipinski definition) is 2. The molecular formula is C14H11BrF3NO2S. The second-order valence-electron chi connectivity index (χ2n) is 4.58. The van der Waals surface area contributed by atoms with E-state index in [9.17, 15) is 21.6 Å². The van der Waals surface area contributed by atoms with E-state index in [1.807, 2.05) is 6.92 Å². The summed E-state index contributed by atoms with van der Waals surface area (Å²) in [6, 6.07) is 8.84. The van der Waals surface area contributed by atoms with Crippen molar-refractivity contribution in [3.05, 3.63) is 58.1 Å². The summed E-state index contributed by atoms with van der Waals surface area (Å²) in [7, 11) is -4.36. The van der Waals surface area contributed by atoms with E-state index in [-0.39, 0.29) is 5.69 Å². The molecule has 0 atom stereocenters. The molecule has 118 valence electrons. The van der Waals surface area contributed by atoms with Crippen LogP contribution in [-0.2, 0) is 16.2 Å². The number of alkyl halides is 3. The monoisotopic (exact) mass is 393 g/mol. The maximum absolute atomic E-state index is 12.9. The number of anilines is 1. The molecule has 0 aliphatic rings. The maximum Gasteiger partial charge on any atom is 0.417 e. The predicted molar refractivity (Wildman–Crippen MR) is 81.1 cm³/mol. The summed E-state index contributed by atoms with van der Waals surface area (Å²) >= 11 is 3.18. The first kappa shape index (κ1) is 16.8. The second-order valence-corrected chi connectivity index (χ2v) is 7.09. The first-order chi connectivity index (χ1) is 10.1. The zero-order valence-electron chi connectivity index (χ0n) is 11.3. The Morgan fingerprint density at radius 1 is 1.09 bits per heavy atom. The van der Waals surface area contributed by atoms with Crippen LogP contribution in [0.4, 0.5) is 18.9 Å². The molecule has 0 saturated carbocycles. The molecule has 0 aliphatic carbocycles. The molecule has 0 radical (unpaired) electrons. The minimum Gasteiger partial charge on any atom is -0.278 e. The van der Waals surface area contributed by atoms with E-state index in [4.69, 9.17) is 0 Å². The van der Waals surface area contributed by atoms with Crippen LogP contribution in [0.25, 0.3) is 0 Å². The van der Waals surface area contributed by atoms with Crippen LogP contribution in [0, 0.1) is 6.92 Å². The molecule has 0 aromatic heterocycles. The van der Waals surface area contributed by atoms with E-state index < -0.39 is 26.7 Å². The van der Waals surface area contributed by atoms with Gasteiger partial charge in [0.1, 0.15) is 0 Å². The zero-order valence-corrected chi connectivity index (χ0v) is 13.7. The Morgan fingerprint density at radius 3 is 2.32 bits per heavy atom. The molecule has 0 saturated heterocycles. The van der Waals surface area contributed by atoms with Crippen molar-refractivity contribution in [3.63, 3.8) is 0 Å². The number of benzene rings is 2. The molecule has 2 aromatic carbocycles. The summed E-state index contributed by atoms with van der Waals surface area (Å²) in [5, 5.41) is 0. The SMILES string of the molecule is Cc1ccc(NS(=O)(=O)c2ccccc2C(F)(F)F)c(Br)c1. The lowest BCUT2D eigenvalue weighted by atomic mass is 10.2. The molecule has 0 aliphatic heterocycles. The van der Waals surface area contributed by atoms with Crippen molar-refractivity contribution >= 4 is 31.6 Å². The lowest BCUT2D eigenvalue weighted by molar-refractivity contribution is -0.139. The van der Waals surface area contributed by atoms with Gasteiger partial charge in [0.15, 0.2) is 0 Å². The normalized spacial score (nSPS) is 12.2. The fourth-order valence-corrected chi connectivity index (χ4v) is 3.87. The molecule has 3 nitrogen and oxygen atoms in total. The highest BCUT2D eigenvalue weighted by molar-refractivity contribution is 9.10. The number of nitrogens with one attached hydrogen (secondary N) is 1. The van der Waals surface area contributed by atoms with E-state index >= 15 is 0 Å². The lowest BCUT2D eigenvalue weighted by Crippen LogP contribution is -2.19. The molecule has 2 rings (SSSR count). The smallest absolute Gasteiger partial charge is 0.278 e. The van der Waals surface area contributed by atoms with Crippen LogP contribution in [0.5, 0.6) is 0 Å². The third-order valence-corrected chi connectivity index (χ3v) is 4.93. The van der Waals surface area contributed by atoms with E-state index in [1.54, 1.807) is 12.1 Å². The summed E-state index contributed by atoms with van der Waals surface area (Å²) in [5.41, 5.74) is -0.154. The Morgan fingerprint density at radius 2 is 1.73 bits per heavy atom. The van der Waals surface area contributed by atoms with E-state index in [1.165, 1.54) is 12.1 Å². The van der Waals surface area contributed by atoms with Gasteiger partial charge in [-0.3, -0.25) is 4.72 Å². The van der Waals surface area contributed by atoms with Gasteiger partial charge in [0, 0.05) is 4.47 Å². The number of rotatable bonds is 3. The molecule has 1 N–H and O–H groups in total. The molecule has 0 bridgehead atoms. The Labute approximate surface area is 134 Å². The van der Waals surface area contributed by atoms with Gasteiger partial charge in [-0.15, -0.1) is 0 Å². The Hall–Kier alpha value is -1.54. The number of halogens is 4. The van der Waals surface area contributed by atoms with Gasteiger partial charge in [-0.05, 0) is 52.7 Å². The Bertz CT molecular complexity index is 804. The molecule has 0 amide bonds. The standard InChI is InChI=1S/C14H11BrF3NO2S/c1-9-6-7-12(11(15)8-9)19-22(20,21)13-5-3-2-4-10(13)14(16,17)18/h2-8,19H,1H3. The molecular weight excluding hydrogens is 383 g/mol. The van der Waals surface area contributed by atoms with Crippen molar-refractivity contribution in [3.8, 4) is 0 Å². The van der Waals surface area contributed by atoms with E-state index in [2.05, 4.69) is 20.7 Å². The van der Waals surface area contributed by atoms with Crippen LogP contribution in [0.2, 0.25) is 0 Å². The lowest BCUT2D eigenvalue weighted by Gasteiger charge is -2.15. The van der Waals surface area contributed by atoms with Gasteiger partial charge in [-0.2, -0.15) is 13.2 Å². The van der Waals surface area contributed by atoms with E-state index in [0.29, 0.717) is 4.47 Å². The zero-order chi connectivity index (χ0) is 16.5. The van der Waals surface area contributed by atoms with Crippen molar-refractivity contribution in [2.75, 3.05) is 4.72 Å². The average Bonchev–Trinajstić information content (AvgIpc) is 2.41. The molecule has 0 spiro atoms. The quantitative estimate of drug-likeness (QED) is 0.829. The minimum atomic E-state index is -4.75.